The number of anilines is 1. The highest BCUT2D eigenvalue weighted by molar-refractivity contribution is 7.92. The standard InChI is InChI=1S/C19H23N3O5S/c1-19(12-20,15-6-7-15)21-17(23)11-27-18(24)14-5-8-16-13(10-14)4-3-9-22(16)28(2,25)26/h5,8,10,15H,3-4,6-7,9,11H2,1-2H3,(H,21,23)/t19-/m1/s1. The van der Waals surface area contributed by atoms with Crippen LogP contribution in [0.4, 0.5) is 5.69 Å². The SMILES string of the molecule is C[C@](C#N)(NC(=O)COC(=O)c1ccc2c(c1)CCCN2S(C)(=O)=O)C1CC1. The van der Waals surface area contributed by atoms with Crippen molar-refractivity contribution in [3.63, 3.8) is 0 Å². The molecule has 0 radical (unpaired) electrons. The van der Waals surface area contributed by atoms with E-state index in [9.17, 15) is 23.3 Å². The molecule has 1 amide bonds. The third-order valence-electron chi connectivity index (χ3n) is 5.15. The first-order chi connectivity index (χ1) is 13.1. The molecule has 1 aliphatic heterocycles. The lowest BCUT2D eigenvalue weighted by atomic mass is 9.98. The zero-order chi connectivity index (χ0) is 20.5. The molecule has 1 aliphatic carbocycles. The van der Waals surface area contributed by atoms with Gasteiger partial charge in [0.15, 0.2) is 6.61 Å². The highest BCUT2D eigenvalue weighted by atomic mass is 32.2. The van der Waals surface area contributed by atoms with E-state index in [-0.39, 0.29) is 11.5 Å². The van der Waals surface area contributed by atoms with E-state index in [0.29, 0.717) is 25.1 Å². The number of hydrogen-bond acceptors (Lipinski definition) is 6. The van der Waals surface area contributed by atoms with E-state index in [4.69, 9.17) is 4.74 Å². The Kier molecular flexibility index (Phi) is 5.35. The first-order valence-corrected chi connectivity index (χ1v) is 11.0. The Hall–Kier alpha value is -2.60. The van der Waals surface area contributed by atoms with Gasteiger partial charge >= 0.3 is 5.97 Å². The first kappa shape index (κ1) is 20.1. The van der Waals surface area contributed by atoms with Gasteiger partial charge in [-0.05, 0) is 62.3 Å². The van der Waals surface area contributed by atoms with Crippen molar-refractivity contribution in [3.05, 3.63) is 29.3 Å². The Labute approximate surface area is 164 Å². The third-order valence-corrected chi connectivity index (χ3v) is 6.33. The molecule has 8 nitrogen and oxygen atoms in total. The molecule has 1 heterocycles. The van der Waals surface area contributed by atoms with Gasteiger partial charge in [-0.1, -0.05) is 0 Å². The number of nitrogens with one attached hydrogen (secondary N) is 1. The maximum Gasteiger partial charge on any atom is 0.338 e. The number of hydrogen-bond donors (Lipinski definition) is 1. The summed E-state index contributed by atoms with van der Waals surface area (Å²) in [6.07, 6.45) is 4.26. The second-order valence-corrected chi connectivity index (χ2v) is 9.40. The minimum atomic E-state index is -3.38. The summed E-state index contributed by atoms with van der Waals surface area (Å²) in [5, 5.41) is 11.9. The number of nitriles is 1. The van der Waals surface area contributed by atoms with Gasteiger partial charge in [-0.3, -0.25) is 9.10 Å². The number of ether oxygens (including phenoxy) is 1. The van der Waals surface area contributed by atoms with Crippen molar-refractivity contribution in [3.8, 4) is 6.07 Å². The highest BCUT2D eigenvalue weighted by Crippen LogP contribution is 2.39. The second-order valence-electron chi connectivity index (χ2n) is 7.49. The van der Waals surface area contributed by atoms with Crippen molar-refractivity contribution in [1.29, 1.82) is 5.26 Å². The maximum absolute atomic E-state index is 12.3. The fourth-order valence-electron chi connectivity index (χ4n) is 3.46. The number of fused-ring (bicyclic) bond motifs is 1. The smallest absolute Gasteiger partial charge is 0.338 e. The monoisotopic (exact) mass is 405 g/mol. The fourth-order valence-corrected chi connectivity index (χ4v) is 4.45. The molecular weight excluding hydrogens is 382 g/mol. The van der Waals surface area contributed by atoms with Crippen LogP contribution < -0.4 is 9.62 Å². The van der Waals surface area contributed by atoms with E-state index in [0.717, 1.165) is 24.7 Å². The average Bonchev–Trinajstić information content (AvgIpc) is 3.50. The zero-order valence-corrected chi connectivity index (χ0v) is 16.7. The molecule has 3 rings (SSSR count). The molecule has 0 aromatic heterocycles. The van der Waals surface area contributed by atoms with Crippen LogP contribution in [0.25, 0.3) is 0 Å². The summed E-state index contributed by atoms with van der Waals surface area (Å²) in [5.74, 6) is -1.05. The molecule has 0 bridgehead atoms. The van der Waals surface area contributed by atoms with Gasteiger partial charge in [-0.25, -0.2) is 13.2 Å². The van der Waals surface area contributed by atoms with Crippen LogP contribution in [-0.4, -0.2) is 45.2 Å². The lowest BCUT2D eigenvalue weighted by Crippen LogP contribution is -2.48. The van der Waals surface area contributed by atoms with Crippen molar-refractivity contribution in [2.75, 3.05) is 23.7 Å². The van der Waals surface area contributed by atoms with Crippen LogP contribution in [0.3, 0.4) is 0 Å². The van der Waals surface area contributed by atoms with Gasteiger partial charge in [-0.15, -0.1) is 0 Å². The predicted molar refractivity (Wildman–Crippen MR) is 102 cm³/mol. The van der Waals surface area contributed by atoms with E-state index in [2.05, 4.69) is 11.4 Å². The van der Waals surface area contributed by atoms with Crippen LogP contribution in [0.2, 0.25) is 0 Å². The Morgan fingerprint density at radius 3 is 2.71 bits per heavy atom. The molecule has 1 N–H and O–H groups in total. The molecule has 0 unspecified atom stereocenters. The molecule has 0 saturated heterocycles. The Morgan fingerprint density at radius 1 is 1.39 bits per heavy atom. The average molecular weight is 405 g/mol. The van der Waals surface area contributed by atoms with Gasteiger partial charge in [-0.2, -0.15) is 5.26 Å². The topological polar surface area (TPSA) is 117 Å². The van der Waals surface area contributed by atoms with E-state index < -0.39 is 34.0 Å². The van der Waals surface area contributed by atoms with Gasteiger partial charge in [0.1, 0.15) is 5.54 Å². The lowest BCUT2D eigenvalue weighted by Gasteiger charge is -2.29. The van der Waals surface area contributed by atoms with Crippen LogP contribution in [0.5, 0.6) is 0 Å². The molecule has 0 spiro atoms. The van der Waals surface area contributed by atoms with Crippen LogP contribution in [-0.2, 0) is 26.0 Å². The predicted octanol–water partition coefficient (Wildman–Crippen LogP) is 1.36. The summed E-state index contributed by atoms with van der Waals surface area (Å²) in [5.41, 5.74) is 0.635. The van der Waals surface area contributed by atoms with Crippen LogP contribution in [0.15, 0.2) is 18.2 Å². The highest BCUT2D eigenvalue weighted by Gasteiger charge is 2.43. The number of carbonyl (C=O) groups is 2. The van der Waals surface area contributed by atoms with Crippen molar-refractivity contribution in [1.82, 2.24) is 5.32 Å². The summed E-state index contributed by atoms with van der Waals surface area (Å²) >= 11 is 0. The van der Waals surface area contributed by atoms with Gasteiger partial charge < -0.3 is 10.1 Å². The summed E-state index contributed by atoms with van der Waals surface area (Å²) in [6, 6.07) is 6.80. The van der Waals surface area contributed by atoms with Crippen LogP contribution >= 0.6 is 0 Å². The molecule has 2 aliphatic rings. The van der Waals surface area contributed by atoms with Crippen LogP contribution in [0.1, 0.15) is 42.1 Å². The summed E-state index contributed by atoms with van der Waals surface area (Å²) in [4.78, 5) is 24.4. The molecule has 1 atom stereocenters. The molecule has 150 valence electrons. The summed E-state index contributed by atoms with van der Waals surface area (Å²) < 4.78 is 30.2. The van der Waals surface area contributed by atoms with Gasteiger partial charge in [0.05, 0.1) is 23.6 Å². The Morgan fingerprint density at radius 2 is 2.11 bits per heavy atom. The second kappa shape index (κ2) is 7.43. The van der Waals surface area contributed by atoms with E-state index in [1.165, 1.54) is 10.4 Å². The summed E-state index contributed by atoms with van der Waals surface area (Å²) in [6.45, 7) is 1.60. The number of benzene rings is 1. The first-order valence-electron chi connectivity index (χ1n) is 9.14. The molecular formula is C19H23N3O5S. The fraction of sp³-hybridized carbons (Fsp3) is 0.526. The quantitative estimate of drug-likeness (QED) is 0.715. The Balaban J connectivity index is 1.64. The zero-order valence-electron chi connectivity index (χ0n) is 15.9. The van der Waals surface area contributed by atoms with E-state index in [1.807, 2.05) is 0 Å². The normalized spacial score (nSPS) is 18.4. The third kappa shape index (κ3) is 4.28. The number of esters is 1. The maximum atomic E-state index is 12.3. The number of aryl methyl sites for hydroxylation is 1. The van der Waals surface area contributed by atoms with Crippen molar-refractivity contribution >= 4 is 27.6 Å². The molecule has 1 aromatic rings. The number of sulfonamides is 1. The number of nitrogens with zero attached hydrogens (tertiary/aromatic N) is 2. The Bertz CT molecular complexity index is 949. The number of rotatable bonds is 6. The van der Waals surface area contributed by atoms with Gasteiger partial charge in [0.25, 0.3) is 5.91 Å². The van der Waals surface area contributed by atoms with E-state index >= 15 is 0 Å². The molecule has 1 aromatic carbocycles. The van der Waals surface area contributed by atoms with Crippen LogP contribution in [0, 0.1) is 17.2 Å². The molecule has 9 heteroatoms. The number of carbonyl (C=O) groups excluding carboxylic acids is 2. The van der Waals surface area contributed by atoms with Crippen molar-refractivity contribution < 1.29 is 22.7 Å². The van der Waals surface area contributed by atoms with Gasteiger partial charge in [0.2, 0.25) is 10.0 Å². The minimum absolute atomic E-state index is 0.135. The van der Waals surface area contributed by atoms with Crippen molar-refractivity contribution in [2.24, 2.45) is 5.92 Å². The number of amides is 1. The van der Waals surface area contributed by atoms with E-state index in [1.54, 1.807) is 19.1 Å². The molecule has 1 fully saturated rings. The van der Waals surface area contributed by atoms with Crippen molar-refractivity contribution in [2.45, 2.75) is 38.1 Å². The van der Waals surface area contributed by atoms with Gasteiger partial charge in [0, 0.05) is 6.54 Å². The molecule has 1 saturated carbocycles. The molecule has 28 heavy (non-hydrogen) atoms. The summed E-state index contributed by atoms with van der Waals surface area (Å²) in [7, 11) is -3.38. The lowest BCUT2D eigenvalue weighted by molar-refractivity contribution is -0.125. The largest absolute Gasteiger partial charge is 0.452 e. The minimum Gasteiger partial charge on any atom is -0.452 e.